The predicted octanol–water partition coefficient (Wildman–Crippen LogP) is 5.50. The first-order chi connectivity index (χ1) is 17.5. The van der Waals surface area contributed by atoms with Gasteiger partial charge in [-0.15, -0.1) is 11.8 Å². The Morgan fingerprint density at radius 2 is 2.03 bits per heavy atom. The van der Waals surface area contributed by atoms with Crippen LogP contribution in [0, 0.1) is 17.2 Å². The maximum absolute atomic E-state index is 12.1. The fraction of sp³-hybridized carbons (Fsp3) is 0.333. The van der Waals surface area contributed by atoms with E-state index in [0.717, 1.165) is 41.0 Å². The second-order valence-electron chi connectivity index (χ2n) is 9.41. The predicted molar refractivity (Wildman–Crippen MR) is 143 cm³/mol. The Bertz CT molecular complexity index is 1400. The molecule has 0 spiro atoms. The number of anilines is 1. The molecule has 2 N–H and O–H groups in total. The fourth-order valence-corrected chi connectivity index (χ4v) is 5.20. The van der Waals surface area contributed by atoms with E-state index in [1.54, 1.807) is 24.4 Å². The number of carbonyl (C=O) groups excluding carboxylic acids is 1. The molecule has 2 aromatic heterocycles. The molecule has 0 unspecified atom stereocenters. The number of hydrogen-bond donors (Lipinski definition) is 2. The van der Waals surface area contributed by atoms with E-state index in [-0.39, 0.29) is 12.1 Å². The Morgan fingerprint density at radius 3 is 2.69 bits per heavy atom. The zero-order valence-electron chi connectivity index (χ0n) is 20.4. The van der Waals surface area contributed by atoms with Gasteiger partial charge in [0.15, 0.2) is 0 Å². The molecule has 4 aromatic rings. The molecular formula is C27H29N7OS. The zero-order chi connectivity index (χ0) is 25.1. The molecule has 184 valence electrons. The second kappa shape index (κ2) is 10.5. The number of nitriles is 1. The van der Waals surface area contributed by atoms with Crippen LogP contribution in [0.5, 0.6) is 0 Å². The first-order valence-electron chi connectivity index (χ1n) is 12.2. The summed E-state index contributed by atoms with van der Waals surface area (Å²) in [5.41, 5.74) is 4.42. The summed E-state index contributed by atoms with van der Waals surface area (Å²) in [6.07, 6.45) is 5.73. The number of rotatable bonds is 9. The van der Waals surface area contributed by atoms with Gasteiger partial charge >= 0.3 is 6.03 Å². The summed E-state index contributed by atoms with van der Waals surface area (Å²) in [6, 6.07) is 16.4. The number of nitrogens with zero attached hydrogens (tertiary/aromatic N) is 5. The van der Waals surface area contributed by atoms with Gasteiger partial charge in [-0.1, -0.05) is 18.2 Å². The van der Waals surface area contributed by atoms with E-state index >= 15 is 0 Å². The van der Waals surface area contributed by atoms with E-state index in [1.165, 1.54) is 17.7 Å². The summed E-state index contributed by atoms with van der Waals surface area (Å²) in [4.78, 5) is 17.2. The molecule has 5 rings (SSSR count). The largest absolute Gasteiger partial charge is 0.339 e. The Hall–Kier alpha value is -3.77. The van der Waals surface area contributed by atoms with Gasteiger partial charge in [0.25, 0.3) is 0 Å². The second-order valence-corrected chi connectivity index (χ2v) is 10.6. The molecule has 0 saturated heterocycles. The SMILES string of the molecule is CC(C)NC(=O)Nc1ccc(-c2c(C#N)c3ccc(SCCn4cncn4)cc3n2CC2CC2)cc1. The summed E-state index contributed by atoms with van der Waals surface area (Å²) in [6.45, 7) is 5.53. The van der Waals surface area contributed by atoms with Gasteiger partial charge in [-0.3, -0.25) is 4.68 Å². The zero-order valence-corrected chi connectivity index (χ0v) is 21.3. The molecule has 1 aliphatic carbocycles. The summed E-state index contributed by atoms with van der Waals surface area (Å²) in [5, 5.41) is 21.0. The number of urea groups is 1. The van der Waals surface area contributed by atoms with Gasteiger partial charge in [-0.2, -0.15) is 10.4 Å². The fourth-order valence-electron chi connectivity index (χ4n) is 4.33. The molecule has 1 saturated carbocycles. The van der Waals surface area contributed by atoms with E-state index in [9.17, 15) is 10.1 Å². The van der Waals surface area contributed by atoms with Crippen molar-refractivity contribution in [3.63, 3.8) is 0 Å². The van der Waals surface area contributed by atoms with Crippen molar-refractivity contribution >= 4 is 34.4 Å². The molecular weight excluding hydrogens is 470 g/mol. The number of fused-ring (bicyclic) bond motifs is 1. The van der Waals surface area contributed by atoms with Crippen LogP contribution < -0.4 is 10.6 Å². The van der Waals surface area contributed by atoms with E-state index in [4.69, 9.17) is 0 Å². The minimum Gasteiger partial charge on any atom is -0.339 e. The van der Waals surface area contributed by atoms with E-state index in [1.807, 2.05) is 42.8 Å². The lowest BCUT2D eigenvalue weighted by atomic mass is 10.1. The van der Waals surface area contributed by atoms with E-state index < -0.39 is 0 Å². The van der Waals surface area contributed by atoms with Crippen molar-refractivity contribution < 1.29 is 4.79 Å². The first-order valence-corrected chi connectivity index (χ1v) is 13.2. The number of thioether (sulfide) groups is 1. The molecule has 1 fully saturated rings. The molecule has 0 aliphatic heterocycles. The van der Waals surface area contributed by atoms with Gasteiger partial charge in [-0.05, 0) is 62.4 Å². The molecule has 2 amide bonds. The van der Waals surface area contributed by atoms with Crippen molar-refractivity contribution in [2.45, 2.75) is 50.7 Å². The van der Waals surface area contributed by atoms with E-state index in [2.05, 4.69) is 49.6 Å². The molecule has 1 aliphatic rings. The van der Waals surface area contributed by atoms with Crippen molar-refractivity contribution in [2.75, 3.05) is 11.1 Å². The van der Waals surface area contributed by atoms with Crippen LogP contribution in [0.4, 0.5) is 10.5 Å². The van der Waals surface area contributed by atoms with Gasteiger partial charge in [0.2, 0.25) is 0 Å². The number of hydrogen-bond acceptors (Lipinski definition) is 5. The Kier molecular flexibility index (Phi) is 6.96. The molecule has 9 heteroatoms. The minimum atomic E-state index is -0.229. The van der Waals surface area contributed by atoms with Gasteiger partial charge in [0.1, 0.15) is 18.7 Å². The normalized spacial score (nSPS) is 13.2. The highest BCUT2D eigenvalue weighted by Crippen LogP contribution is 2.39. The van der Waals surface area contributed by atoms with Crippen LogP contribution in [-0.2, 0) is 13.1 Å². The van der Waals surface area contributed by atoms with Crippen LogP contribution >= 0.6 is 11.8 Å². The highest BCUT2D eigenvalue weighted by molar-refractivity contribution is 7.99. The third kappa shape index (κ3) is 5.39. The number of aromatic nitrogens is 4. The van der Waals surface area contributed by atoms with Crippen molar-refractivity contribution in [2.24, 2.45) is 5.92 Å². The van der Waals surface area contributed by atoms with Crippen LogP contribution in [0.25, 0.3) is 22.2 Å². The molecule has 0 bridgehead atoms. The number of carbonyl (C=O) groups is 1. The Balaban J connectivity index is 1.45. The number of nitrogens with one attached hydrogen (secondary N) is 2. The summed E-state index contributed by atoms with van der Waals surface area (Å²) >= 11 is 1.78. The maximum atomic E-state index is 12.1. The highest BCUT2D eigenvalue weighted by Gasteiger charge is 2.26. The number of benzene rings is 2. The summed E-state index contributed by atoms with van der Waals surface area (Å²) < 4.78 is 4.15. The van der Waals surface area contributed by atoms with E-state index in [0.29, 0.717) is 17.2 Å². The summed E-state index contributed by atoms with van der Waals surface area (Å²) in [5.74, 6) is 1.53. The standard InChI is InChI=1S/C27H29N7OS/c1-18(2)31-27(35)32-21-7-5-20(6-8-21)26-24(14-28)23-10-9-22(36-12-11-33-17-29-16-30-33)13-25(23)34(26)15-19-3-4-19/h5-10,13,16-19H,3-4,11-12,15H2,1-2H3,(H2,31,32,35). The first kappa shape index (κ1) is 23.9. The quantitative estimate of drug-likeness (QED) is 0.296. The topological polar surface area (TPSA) is 101 Å². The Morgan fingerprint density at radius 1 is 1.22 bits per heavy atom. The molecule has 2 heterocycles. The van der Waals surface area contributed by atoms with Gasteiger partial charge in [-0.25, -0.2) is 9.78 Å². The average Bonchev–Trinajstić information content (AvgIpc) is 3.42. The van der Waals surface area contributed by atoms with Crippen molar-refractivity contribution in [3.8, 4) is 17.3 Å². The third-order valence-corrected chi connectivity index (χ3v) is 7.15. The minimum absolute atomic E-state index is 0.0613. The molecule has 36 heavy (non-hydrogen) atoms. The monoisotopic (exact) mass is 499 g/mol. The molecule has 2 aromatic carbocycles. The van der Waals surface area contributed by atoms with Crippen LogP contribution in [0.15, 0.2) is 60.0 Å². The summed E-state index contributed by atoms with van der Waals surface area (Å²) in [7, 11) is 0. The molecule has 0 atom stereocenters. The van der Waals surface area contributed by atoms with Crippen LogP contribution in [-0.4, -0.2) is 37.2 Å². The molecule has 0 radical (unpaired) electrons. The highest BCUT2D eigenvalue weighted by atomic mass is 32.2. The average molecular weight is 500 g/mol. The van der Waals surface area contributed by atoms with Crippen LogP contribution in [0.3, 0.4) is 0 Å². The number of aryl methyl sites for hydroxylation is 1. The lowest BCUT2D eigenvalue weighted by molar-refractivity contribution is 0.250. The lowest BCUT2D eigenvalue weighted by Crippen LogP contribution is -2.34. The van der Waals surface area contributed by atoms with Crippen LogP contribution in [0.1, 0.15) is 32.3 Å². The maximum Gasteiger partial charge on any atom is 0.319 e. The Labute approximate surface area is 214 Å². The van der Waals surface area contributed by atoms with Gasteiger partial charge < -0.3 is 15.2 Å². The van der Waals surface area contributed by atoms with Crippen molar-refractivity contribution in [1.29, 1.82) is 5.26 Å². The third-order valence-electron chi connectivity index (χ3n) is 6.18. The van der Waals surface area contributed by atoms with Crippen molar-refractivity contribution in [3.05, 3.63) is 60.7 Å². The smallest absolute Gasteiger partial charge is 0.319 e. The van der Waals surface area contributed by atoms with Gasteiger partial charge in [0, 0.05) is 34.3 Å². The lowest BCUT2D eigenvalue weighted by Gasteiger charge is -2.13. The van der Waals surface area contributed by atoms with Gasteiger partial charge in [0.05, 0.1) is 23.3 Å². The number of amides is 2. The van der Waals surface area contributed by atoms with Crippen LogP contribution in [0.2, 0.25) is 0 Å². The van der Waals surface area contributed by atoms with Crippen molar-refractivity contribution in [1.82, 2.24) is 24.6 Å². The molecule has 8 nitrogen and oxygen atoms in total.